The molecule has 0 bridgehead atoms. The highest BCUT2D eigenvalue weighted by molar-refractivity contribution is 5.86. The minimum absolute atomic E-state index is 0.0504. The predicted molar refractivity (Wildman–Crippen MR) is 93.3 cm³/mol. The van der Waals surface area contributed by atoms with Crippen LogP contribution in [0, 0.1) is 5.92 Å². The van der Waals surface area contributed by atoms with Gasteiger partial charge in [-0.25, -0.2) is 0 Å². The molecular formula is C20H25NO2. The summed E-state index contributed by atoms with van der Waals surface area (Å²) in [6.45, 7) is 2.23. The fourth-order valence-corrected chi connectivity index (χ4v) is 3.73. The minimum atomic E-state index is -0.0504. The zero-order chi connectivity index (χ0) is 16.2. The van der Waals surface area contributed by atoms with Gasteiger partial charge in [0.05, 0.1) is 13.0 Å². The fraction of sp³-hybridized carbons (Fsp3) is 0.450. The Morgan fingerprint density at radius 2 is 1.78 bits per heavy atom. The van der Waals surface area contributed by atoms with Crippen molar-refractivity contribution >= 4 is 16.7 Å². The Kier molecular flexibility index (Phi) is 4.97. The van der Waals surface area contributed by atoms with Crippen molar-refractivity contribution in [2.75, 3.05) is 7.11 Å². The third kappa shape index (κ3) is 3.56. The molecule has 3 nitrogen and oxygen atoms in total. The topological polar surface area (TPSA) is 38.3 Å². The van der Waals surface area contributed by atoms with E-state index in [0.717, 1.165) is 25.7 Å². The lowest BCUT2D eigenvalue weighted by atomic mass is 9.85. The molecule has 0 amide bonds. The zero-order valence-electron chi connectivity index (χ0n) is 13.9. The number of fused-ring (bicyclic) bond motifs is 1. The SMILES string of the molecule is COC(=O)C1CCC(NC(C)c2cccc3ccccc23)CC1. The molecular weight excluding hydrogens is 286 g/mol. The third-order valence-electron chi connectivity index (χ3n) is 5.04. The molecule has 2 aromatic carbocycles. The average Bonchev–Trinajstić information content (AvgIpc) is 2.61. The van der Waals surface area contributed by atoms with Crippen molar-refractivity contribution in [1.82, 2.24) is 5.32 Å². The van der Waals surface area contributed by atoms with Gasteiger partial charge in [0, 0.05) is 12.1 Å². The van der Waals surface area contributed by atoms with Crippen LogP contribution >= 0.6 is 0 Å². The van der Waals surface area contributed by atoms with Gasteiger partial charge in [-0.05, 0) is 48.9 Å². The van der Waals surface area contributed by atoms with Crippen molar-refractivity contribution < 1.29 is 9.53 Å². The molecule has 1 N–H and O–H groups in total. The van der Waals surface area contributed by atoms with Gasteiger partial charge in [0.25, 0.3) is 0 Å². The van der Waals surface area contributed by atoms with Crippen molar-refractivity contribution in [2.45, 2.75) is 44.7 Å². The van der Waals surface area contributed by atoms with Gasteiger partial charge >= 0.3 is 5.97 Å². The van der Waals surface area contributed by atoms with E-state index in [0.29, 0.717) is 12.1 Å². The maximum absolute atomic E-state index is 11.6. The molecule has 0 saturated heterocycles. The third-order valence-corrected chi connectivity index (χ3v) is 5.04. The Hall–Kier alpha value is -1.87. The van der Waals surface area contributed by atoms with E-state index in [9.17, 15) is 4.79 Å². The summed E-state index contributed by atoms with van der Waals surface area (Å²) in [7, 11) is 1.48. The monoisotopic (exact) mass is 311 g/mol. The van der Waals surface area contributed by atoms with E-state index in [1.807, 2.05) is 0 Å². The first kappa shape index (κ1) is 16.0. The Bertz CT molecular complexity index is 669. The Labute approximate surface area is 138 Å². The Morgan fingerprint density at radius 3 is 2.52 bits per heavy atom. The van der Waals surface area contributed by atoms with Crippen LogP contribution in [0.2, 0.25) is 0 Å². The van der Waals surface area contributed by atoms with E-state index in [-0.39, 0.29) is 11.9 Å². The molecule has 0 aromatic heterocycles. The van der Waals surface area contributed by atoms with Crippen molar-refractivity contribution in [3.8, 4) is 0 Å². The molecule has 1 fully saturated rings. The number of carbonyl (C=O) groups is 1. The van der Waals surface area contributed by atoms with Gasteiger partial charge in [-0.15, -0.1) is 0 Å². The van der Waals surface area contributed by atoms with Crippen LogP contribution in [0.25, 0.3) is 10.8 Å². The number of esters is 1. The van der Waals surface area contributed by atoms with E-state index in [1.165, 1.54) is 23.4 Å². The highest BCUT2D eigenvalue weighted by atomic mass is 16.5. The molecule has 0 spiro atoms. The lowest BCUT2D eigenvalue weighted by Crippen LogP contribution is -2.36. The summed E-state index contributed by atoms with van der Waals surface area (Å²) >= 11 is 0. The summed E-state index contributed by atoms with van der Waals surface area (Å²) in [5, 5.41) is 6.36. The fourth-order valence-electron chi connectivity index (χ4n) is 3.73. The van der Waals surface area contributed by atoms with E-state index in [1.54, 1.807) is 0 Å². The molecule has 0 radical (unpaired) electrons. The van der Waals surface area contributed by atoms with Gasteiger partial charge in [0.1, 0.15) is 0 Å². The first-order valence-electron chi connectivity index (χ1n) is 8.50. The Balaban J connectivity index is 1.65. The molecule has 0 aliphatic heterocycles. The predicted octanol–water partition coefficient (Wildman–Crippen LogP) is 4.22. The number of benzene rings is 2. The number of rotatable bonds is 4. The maximum atomic E-state index is 11.6. The molecule has 1 aliphatic rings. The molecule has 1 saturated carbocycles. The van der Waals surface area contributed by atoms with Gasteiger partial charge in [-0.2, -0.15) is 0 Å². The number of hydrogen-bond donors (Lipinski definition) is 1. The lowest BCUT2D eigenvalue weighted by Gasteiger charge is -2.30. The van der Waals surface area contributed by atoms with Crippen molar-refractivity contribution in [3.05, 3.63) is 48.0 Å². The van der Waals surface area contributed by atoms with Gasteiger partial charge in [0.2, 0.25) is 0 Å². The quantitative estimate of drug-likeness (QED) is 0.859. The van der Waals surface area contributed by atoms with Crippen LogP contribution in [0.5, 0.6) is 0 Å². The molecule has 3 heteroatoms. The number of carbonyl (C=O) groups excluding carboxylic acids is 1. The van der Waals surface area contributed by atoms with E-state index < -0.39 is 0 Å². The second kappa shape index (κ2) is 7.14. The molecule has 3 rings (SSSR count). The van der Waals surface area contributed by atoms with Crippen LogP contribution in [0.1, 0.15) is 44.2 Å². The van der Waals surface area contributed by atoms with E-state index >= 15 is 0 Å². The smallest absolute Gasteiger partial charge is 0.308 e. The summed E-state index contributed by atoms with van der Waals surface area (Å²) in [5.41, 5.74) is 1.35. The van der Waals surface area contributed by atoms with Gasteiger partial charge in [-0.3, -0.25) is 4.79 Å². The second-order valence-electron chi connectivity index (χ2n) is 6.53. The molecule has 122 valence electrons. The molecule has 1 atom stereocenters. The molecule has 1 aliphatic carbocycles. The van der Waals surface area contributed by atoms with Crippen LogP contribution in [-0.2, 0) is 9.53 Å². The normalized spacial score (nSPS) is 22.7. The number of methoxy groups -OCH3 is 1. The molecule has 23 heavy (non-hydrogen) atoms. The average molecular weight is 311 g/mol. The number of ether oxygens (including phenoxy) is 1. The first-order chi connectivity index (χ1) is 11.2. The van der Waals surface area contributed by atoms with Crippen LogP contribution < -0.4 is 5.32 Å². The minimum Gasteiger partial charge on any atom is -0.469 e. The first-order valence-corrected chi connectivity index (χ1v) is 8.50. The van der Waals surface area contributed by atoms with Crippen molar-refractivity contribution in [3.63, 3.8) is 0 Å². The summed E-state index contributed by atoms with van der Waals surface area (Å²) in [6, 6.07) is 15.8. The number of hydrogen-bond acceptors (Lipinski definition) is 3. The highest BCUT2D eigenvalue weighted by Crippen LogP contribution is 2.29. The van der Waals surface area contributed by atoms with Crippen LogP contribution in [0.4, 0.5) is 0 Å². The zero-order valence-corrected chi connectivity index (χ0v) is 13.9. The van der Waals surface area contributed by atoms with Crippen LogP contribution in [-0.4, -0.2) is 19.1 Å². The van der Waals surface area contributed by atoms with Gasteiger partial charge < -0.3 is 10.1 Å². The van der Waals surface area contributed by atoms with Gasteiger partial charge in [0.15, 0.2) is 0 Å². The largest absolute Gasteiger partial charge is 0.469 e. The van der Waals surface area contributed by atoms with E-state index in [4.69, 9.17) is 4.74 Å². The maximum Gasteiger partial charge on any atom is 0.308 e. The van der Waals surface area contributed by atoms with Crippen molar-refractivity contribution in [1.29, 1.82) is 0 Å². The van der Waals surface area contributed by atoms with Crippen LogP contribution in [0.3, 0.4) is 0 Å². The molecule has 2 aromatic rings. The van der Waals surface area contributed by atoms with Gasteiger partial charge in [-0.1, -0.05) is 42.5 Å². The second-order valence-corrected chi connectivity index (χ2v) is 6.53. The summed E-state index contributed by atoms with van der Waals surface area (Å²) in [4.78, 5) is 11.6. The van der Waals surface area contributed by atoms with Crippen molar-refractivity contribution in [2.24, 2.45) is 5.92 Å². The standard InChI is InChI=1S/C20H25NO2/c1-14(18-9-5-7-15-6-3-4-8-19(15)18)21-17-12-10-16(11-13-17)20(22)23-2/h3-9,14,16-17,21H,10-13H2,1-2H3. The Morgan fingerprint density at radius 1 is 1.09 bits per heavy atom. The summed E-state index contributed by atoms with van der Waals surface area (Å²) in [5.74, 6) is 0.0384. The number of nitrogens with one attached hydrogen (secondary N) is 1. The van der Waals surface area contributed by atoms with E-state index in [2.05, 4.69) is 54.7 Å². The lowest BCUT2D eigenvalue weighted by molar-refractivity contribution is -0.146. The molecule has 0 heterocycles. The molecule has 1 unspecified atom stereocenters. The summed E-state index contributed by atoms with van der Waals surface area (Å²) in [6.07, 6.45) is 3.92. The summed E-state index contributed by atoms with van der Waals surface area (Å²) < 4.78 is 4.86. The van der Waals surface area contributed by atoms with Crippen LogP contribution in [0.15, 0.2) is 42.5 Å². The highest BCUT2D eigenvalue weighted by Gasteiger charge is 2.27.